The van der Waals surface area contributed by atoms with Gasteiger partial charge in [0.05, 0.1) is 17.6 Å². The fraction of sp³-hybridized carbons (Fsp3) is 0.250. The first-order valence-electron chi connectivity index (χ1n) is 5.24. The number of fused-ring (bicyclic) bond motifs is 1. The Labute approximate surface area is 97.8 Å². The van der Waals surface area contributed by atoms with E-state index in [0.29, 0.717) is 23.3 Å². The zero-order valence-electron chi connectivity index (χ0n) is 9.34. The molecular weight excluding hydrogens is 220 g/mol. The van der Waals surface area contributed by atoms with Gasteiger partial charge < -0.3 is 10.2 Å². The quantitative estimate of drug-likeness (QED) is 0.840. The second kappa shape index (κ2) is 4.37. The molecule has 88 valence electrons. The second-order valence-corrected chi connectivity index (χ2v) is 3.81. The summed E-state index contributed by atoms with van der Waals surface area (Å²) in [6.45, 7) is 1.76. The summed E-state index contributed by atoms with van der Waals surface area (Å²) in [5.74, 6) is -0.139. The number of rotatable bonds is 3. The average Bonchev–Trinajstić information content (AvgIpc) is 2.26. The molecule has 0 aliphatic carbocycles. The van der Waals surface area contributed by atoms with Gasteiger partial charge in [-0.15, -0.1) is 0 Å². The lowest BCUT2D eigenvalue weighted by atomic mass is 10.1. The van der Waals surface area contributed by atoms with Crippen LogP contribution in [0.15, 0.2) is 18.2 Å². The number of carboxylic acids is 1. The van der Waals surface area contributed by atoms with Crippen molar-refractivity contribution in [2.45, 2.75) is 19.8 Å². The van der Waals surface area contributed by atoms with Gasteiger partial charge in [0.25, 0.3) is 0 Å². The number of benzene rings is 1. The molecule has 2 N–H and O–H groups in total. The molecule has 5 nitrogen and oxygen atoms in total. The van der Waals surface area contributed by atoms with E-state index in [1.165, 1.54) is 0 Å². The Bertz CT molecular complexity index is 581. The van der Waals surface area contributed by atoms with Gasteiger partial charge in [0.15, 0.2) is 0 Å². The summed E-state index contributed by atoms with van der Waals surface area (Å²) in [5.41, 5.74) is 1.38. The molecule has 0 fully saturated rings. The van der Waals surface area contributed by atoms with Crippen LogP contribution in [-0.2, 0) is 11.2 Å². The Balaban J connectivity index is 2.51. The minimum atomic E-state index is -0.866. The lowest BCUT2D eigenvalue weighted by Crippen LogP contribution is -2.02. The Morgan fingerprint density at radius 1 is 1.35 bits per heavy atom. The summed E-state index contributed by atoms with van der Waals surface area (Å²) in [5, 5.41) is 18.8. The number of aryl methyl sites for hydroxylation is 2. The summed E-state index contributed by atoms with van der Waals surface area (Å²) in [6, 6.07) is 4.81. The fourth-order valence-electron chi connectivity index (χ4n) is 1.72. The van der Waals surface area contributed by atoms with E-state index in [9.17, 15) is 9.90 Å². The predicted molar refractivity (Wildman–Crippen MR) is 61.9 cm³/mol. The summed E-state index contributed by atoms with van der Waals surface area (Å²) < 4.78 is 0. The zero-order valence-corrected chi connectivity index (χ0v) is 9.34. The molecule has 5 heteroatoms. The molecule has 0 radical (unpaired) electrons. The van der Waals surface area contributed by atoms with E-state index in [1.807, 2.05) is 0 Å². The van der Waals surface area contributed by atoms with Crippen LogP contribution in [0.1, 0.15) is 17.9 Å². The number of aliphatic carboxylic acids is 1. The first-order chi connectivity index (χ1) is 8.06. The minimum Gasteiger partial charge on any atom is -0.508 e. The maximum Gasteiger partial charge on any atom is 0.303 e. The number of hydrogen-bond donors (Lipinski definition) is 2. The van der Waals surface area contributed by atoms with E-state index in [2.05, 4.69) is 9.97 Å². The van der Waals surface area contributed by atoms with E-state index < -0.39 is 5.97 Å². The fourth-order valence-corrected chi connectivity index (χ4v) is 1.72. The molecule has 0 spiro atoms. The van der Waals surface area contributed by atoms with Crippen LogP contribution < -0.4 is 0 Å². The normalized spacial score (nSPS) is 10.6. The second-order valence-electron chi connectivity index (χ2n) is 3.81. The van der Waals surface area contributed by atoms with Crippen molar-refractivity contribution >= 4 is 16.9 Å². The largest absolute Gasteiger partial charge is 0.508 e. The molecule has 0 amide bonds. The van der Waals surface area contributed by atoms with Crippen LogP contribution >= 0.6 is 0 Å². The average molecular weight is 232 g/mol. The van der Waals surface area contributed by atoms with Crippen LogP contribution in [0.2, 0.25) is 0 Å². The molecule has 1 aromatic carbocycles. The molecule has 2 rings (SSSR count). The molecule has 0 saturated heterocycles. The van der Waals surface area contributed by atoms with E-state index in [4.69, 9.17) is 5.11 Å². The molecule has 1 heterocycles. The lowest BCUT2D eigenvalue weighted by molar-refractivity contribution is -0.136. The number of phenolic OH excluding ortho intramolecular Hbond substituents is 1. The van der Waals surface area contributed by atoms with Crippen molar-refractivity contribution in [3.8, 4) is 5.75 Å². The van der Waals surface area contributed by atoms with E-state index in [1.54, 1.807) is 25.1 Å². The van der Waals surface area contributed by atoms with Gasteiger partial charge in [-0.05, 0) is 25.1 Å². The molecule has 1 aromatic heterocycles. The first kappa shape index (κ1) is 11.3. The topological polar surface area (TPSA) is 83.3 Å². The van der Waals surface area contributed by atoms with Crippen LogP contribution in [0.3, 0.4) is 0 Å². The number of aromatic nitrogens is 2. The van der Waals surface area contributed by atoms with Crippen LogP contribution in [0.4, 0.5) is 0 Å². The van der Waals surface area contributed by atoms with Crippen LogP contribution in [0.25, 0.3) is 10.9 Å². The van der Waals surface area contributed by atoms with Gasteiger partial charge >= 0.3 is 5.97 Å². The van der Waals surface area contributed by atoms with Crippen molar-refractivity contribution in [2.24, 2.45) is 0 Å². The van der Waals surface area contributed by atoms with E-state index in [0.717, 1.165) is 5.52 Å². The van der Waals surface area contributed by atoms with Gasteiger partial charge in [-0.1, -0.05) is 0 Å². The van der Waals surface area contributed by atoms with Crippen LogP contribution in [0.5, 0.6) is 5.75 Å². The predicted octanol–water partition coefficient (Wildman–Crippen LogP) is 1.66. The summed E-state index contributed by atoms with van der Waals surface area (Å²) in [6.07, 6.45) is 0.347. The van der Waals surface area contributed by atoms with Gasteiger partial charge in [0, 0.05) is 11.8 Å². The summed E-state index contributed by atoms with van der Waals surface area (Å²) in [7, 11) is 0. The molecule has 0 saturated carbocycles. The van der Waals surface area contributed by atoms with E-state index in [-0.39, 0.29) is 12.2 Å². The number of hydrogen-bond acceptors (Lipinski definition) is 4. The van der Waals surface area contributed by atoms with Gasteiger partial charge in [-0.2, -0.15) is 0 Å². The first-order valence-corrected chi connectivity index (χ1v) is 5.24. The van der Waals surface area contributed by atoms with Gasteiger partial charge in [0.1, 0.15) is 11.6 Å². The zero-order chi connectivity index (χ0) is 12.4. The highest BCUT2D eigenvalue weighted by Crippen LogP contribution is 2.22. The molecule has 0 atom stereocenters. The molecule has 2 aromatic rings. The van der Waals surface area contributed by atoms with Crippen molar-refractivity contribution in [1.82, 2.24) is 9.97 Å². The van der Waals surface area contributed by atoms with Crippen molar-refractivity contribution in [1.29, 1.82) is 0 Å². The maximum atomic E-state index is 10.6. The van der Waals surface area contributed by atoms with Crippen LogP contribution in [-0.4, -0.2) is 26.2 Å². The Morgan fingerprint density at radius 3 is 2.82 bits per heavy atom. The van der Waals surface area contributed by atoms with Crippen LogP contribution in [0, 0.1) is 6.92 Å². The van der Waals surface area contributed by atoms with Crippen molar-refractivity contribution in [2.75, 3.05) is 0 Å². The van der Waals surface area contributed by atoms with Gasteiger partial charge in [-0.25, -0.2) is 9.97 Å². The van der Waals surface area contributed by atoms with Gasteiger partial charge in [0.2, 0.25) is 0 Å². The molecule has 0 aliphatic heterocycles. The van der Waals surface area contributed by atoms with Crippen molar-refractivity contribution < 1.29 is 15.0 Å². The molecule has 0 bridgehead atoms. The number of phenols is 1. The third-order valence-electron chi connectivity index (χ3n) is 2.45. The van der Waals surface area contributed by atoms with Gasteiger partial charge in [-0.3, -0.25) is 4.79 Å². The minimum absolute atomic E-state index is 0.0151. The number of carboxylic acid groups (broad SMARTS) is 1. The number of carbonyl (C=O) groups is 1. The summed E-state index contributed by atoms with van der Waals surface area (Å²) in [4.78, 5) is 19.0. The number of aromatic hydroxyl groups is 1. The highest BCUT2D eigenvalue weighted by atomic mass is 16.4. The van der Waals surface area contributed by atoms with E-state index >= 15 is 0 Å². The Hall–Kier alpha value is -2.17. The third-order valence-corrected chi connectivity index (χ3v) is 2.45. The molecule has 17 heavy (non-hydrogen) atoms. The lowest BCUT2D eigenvalue weighted by Gasteiger charge is -2.06. The number of nitrogens with zero attached hydrogens (tertiary/aromatic N) is 2. The molecule has 0 unspecified atom stereocenters. The summed E-state index contributed by atoms with van der Waals surface area (Å²) >= 11 is 0. The smallest absolute Gasteiger partial charge is 0.303 e. The SMILES string of the molecule is Cc1nc(CCC(=O)O)c2cc(O)ccc2n1. The maximum absolute atomic E-state index is 10.6. The third kappa shape index (κ3) is 2.50. The molecular formula is C12H12N2O3. The Kier molecular flexibility index (Phi) is 2.91. The molecule has 0 aliphatic rings. The Morgan fingerprint density at radius 2 is 2.12 bits per heavy atom. The highest BCUT2D eigenvalue weighted by Gasteiger charge is 2.08. The van der Waals surface area contributed by atoms with Crippen molar-refractivity contribution in [3.05, 3.63) is 29.7 Å². The highest BCUT2D eigenvalue weighted by molar-refractivity contribution is 5.82. The monoisotopic (exact) mass is 232 g/mol. The standard InChI is InChI=1S/C12H12N2O3/c1-7-13-10-3-2-8(15)6-9(10)11(14-7)4-5-12(16)17/h2-3,6,15H,4-5H2,1H3,(H,16,17). The van der Waals surface area contributed by atoms with Crippen molar-refractivity contribution in [3.63, 3.8) is 0 Å².